The maximum Gasteiger partial charge on any atom is 0.155 e. The highest BCUT2D eigenvalue weighted by molar-refractivity contribution is 8.00. The van der Waals surface area contributed by atoms with Gasteiger partial charge in [-0.05, 0) is 11.9 Å². The number of rotatable bonds is 0. The molecule has 0 radical (unpaired) electrons. The molecule has 0 saturated carbocycles. The second-order valence-electron chi connectivity index (χ2n) is 2.02. The summed E-state index contributed by atoms with van der Waals surface area (Å²) in [4.78, 5) is 0. The molecule has 12 heavy (non-hydrogen) atoms. The van der Waals surface area contributed by atoms with E-state index in [2.05, 4.69) is 0 Å². The van der Waals surface area contributed by atoms with Crippen LogP contribution in [0.1, 0.15) is 0 Å². The molecular weight excluding hydrogens is 194 g/mol. The summed E-state index contributed by atoms with van der Waals surface area (Å²) in [6, 6.07) is 3.59. The van der Waals surface area contributed by atoms with Crippen LogP contribution in [0.15, 0.2) is 21.7 Å². The predicted octanol–water partition coefficient (Wildman–Crippen LogP) is 1.96. The van der Waals surface area contributed by atoms with Crippen LogP contribution in [0, 0.1) is 22.7 Å². The maximum atomic E-state index is 8.57. The van der Waals surface area contributed by atoms with Crippen LogP contribution in [0.3, 0.4) is 0 Å². The zero-order chi connectivity index (χ0) is 9.14. The fraction of sp³-hybridized carbons (Fsp3) is 0.143. The Bertz CT molecular complexity index is 329. The Hall–Kier alpha value is -1.10. The molecule has 0 N–H and O–H groups in total. The van der Waals surface area contributed by atoms with E-state index in [1.54, 1.807) is 28.9 Å². The van der Waals surface area contributed by atoms with Crippen molar-refractivity contribution in [3.8, 4) is 12.1 Å². The van der Waals surface area contributed by atoms with Crippen molar-refractivity contribution in [2.45, 2.75) is 0 Å². The first-order chi connectivity index (χ1) is 5.70. The summed E-state index contributed by atoms with van der Waals surface area (Å²) >= 11 is 7.12. The number of hydrogen-bond donors (Lipinski definition) is 0. The number of halogens is 1. The molecule has 0 spiro atoms. The van der Waals surface area contributed by atoms with E-state index in [1.165, 1.54) is 11.9 Å². The van der Waals surface area contributed by atoms with Crippen LogP contribution >= 0.6 is 23.5 Å². The molecule has 5 heteroatoms. The number of likely N-dealkylation sites (N-methyl/N-ethyl adjacent to an activating group) is 1. The maximum absolute atomic E-state index is 8.57. The third-order valence-electron chi connectivity index (χ3n) is 1.32. The predicted molar refractivity (Wildman–Crippen MR) is 47.5 cm³/mol. The summed E-state index contributed by atoms with van der Waals surface area (Å²) in [6.07, 6.45) is 0. The summed E-state index contributed by atoms with van der Waals surface area (Å²) in [5.41, 5.74) is 0.537. The molecule has 1 aliphatic heterocycles. The largest absolute Gasteiger partial charge is 0.312 e. The third kappa shape index (κ3) is 1.40. The summed E-state index contributed by atoms with van der Waals surface area (Å²) in [5.74, 6) is 0. The smallest absolute Gasteiger partial charge is 0.155 e. The summed E-state index contributed by atoms with van der Waals surface area (Å²) in [6.45, 7) is 0. The lowest BCUT2D eigenvalue weighted by atomic mass is 10.2. The molecular formula is C7H4ClN3S. The van der Waals surface area contributed by atoms with Gasteiger partial charge in [0.05, 0.1) is 10.7 Å². The molecule has 0 atom stereocenters. The van der Waals surface area contributed by atoms with Crippen LogP contribution in [0.25, 0.3) is 0 Å². The zero-order valence-electron chi connectivity index (χ0n) is 6.21. The quantitative estimate of drug-likeness (QED) is 0.440. The van der Waals surface area contributed by atoms with Gasteiger partial charge in [-0.25, -0.2) is 0 Å². The highest BCUT2D eigenvalue weighted by Gasteiger charge is 2.20. The number of allylic oxidation sites excluding steroid dienone is 2. The number of hydrogen-bond acceptors (Lipinski definition) is 4. The Labute approximate surface area is 79.7 Å². The van der Waals surface area contributed by atoms with Gasteiger partial charge in [0.1, 0.15) is 12.1 Å². The van der Waals surface area contributed by atoms with Crippen LogP contribution in [-0.4, -0.2) is 11.4 Å². The first kappa shape index (κ1) is 8.99. The highest BCUT2D eigenvalue weighted by atomic mass is 35.5. The average Bonchev–Trinajstić information content (AvgIpc) is 2.38. The van der Waals surface area contributed by atoms with Crippen molar-refractivity contribution in [2.24, 2.45) is 0 Å². The van der Waals surface area contributed by atoms with Gasteiger partial charge in [-0.3, -0.25) is 0 Å². The second-order valence-corrected chi connectivity index (χ2v) is 3.42. The van der Waals surface area contributed by atoms with E-state index < -0.39 is 0 Å². The van der Waals surface area contributed by atoms with Crippen LogP contribution in [-0.2, 0) is 0 Å². The van der Waals surface area contributed by atoms with E-state index >= 15 is 0 Å². The molecule has 1 heterocycles. The zero-order valence-corrected chi connectivity index (χ0v) is 7.78. The summed E-state index contributed by atoms with van der Waals surface area (Å²) < 4.78 is 1.68. The first-order valence-electron chi connectivity index (χ1n) is 3.01. The third-order valence-corrected chi connectivity index (χ3v) is 2.57. The highest BCUT2D eigenvalue weighted by Crippen LogP contribution is 2.35. The van der Waals surface area contributed by atoms with Crippen LogP contribution in [0.2, 0.25) is 0 Å². The lowest BCUT2D eigenvalue weighted by Crippen LogP contribution is -2.05. The molecule has 0 fully saturated rings. The molecule has 0 bridgehead atoms. The minimum absolute atomic E-state index is 0.0451. The number of nitrogens with zero attached hydrogens (tertiary/aromatic N) is 3. The Morgan fingerprint density at radius 2 is 2.17 bits per heavy atom. The Morgan fingerprint density at radius 3 is 2.50 bits per heavy atom. The lowest BCUT2D eigenvalue weighted by Gasteiger charge is -2.10. The molecule has 0 aromatic carbocycles. The SMILES string of the molecule is CN1SC=C(Cl)C1=C(C#N)C#N. The van der Waals surface area contributed by atoms with Gasteiger partial charge in [-0.1, -0.05) is 11.6 Å². The molecule has 60 valence electrons. The van der Waals surface area contributed by atoms with E-state index in [4.69, 9.17) is 22.1 Å². The fourth-order valence-electron chi connectivity index (χ4n) is 0.792. The second kappa shape index (κ2) is 3.53. The van der Waals surface area contributed by atoms with Crippen molar-refractivity contribution in [1.29, 1.82) is 10.5 Å². The van der Waals surface area contributed by atoms with Gasteiger partial charge < -0.3 is 4.31 Å². The molecule has 3 nitrogen and oxygen atoms in total. The first-order valence-corrected chi connectivity index (χ1v) is 4.23. The molecule has 0 saturated heterocycles. The molecule has 1 rings (SSSR count). The van der Waals surface area contributed by atoms with Crippen molar-refractivity contribution < 1.29 is 0 Å². The van der Waals surface area contributed by atoms with Crippen molar-refractivity contribution in [3.05, 3.63) is 21.7 Å². The minimum Gasteiger partial charge on any atom is -0.312 e. The molecule has 0 aromatic heterocycles. The fourth-order valence-corrected chi connectivity index (χ4v) is 1.84. The Balaban J connectivity index is 3.19. The van der Waals surface area contributed by atoms with Gasteiger partial charge in [0.2, 0.25) is 0 Å². The Morgan fingerprint density at radius 1 is 1.58 bits per heavy atom. The molecule has 0 aromatic rings. The van der Waals surface area contributed by atoms with Crippen LogP contribution < -0.4 is 0 Å². The minimum atomic E-state index is 0.0451. The summed E-state index contributed by atoms with van der Waals surface area (Å²) in [7, 11) is 1.75. The van der Waals surface area contributed by atoms with Crippen molar-refractivity contribution >= 4 is 23.5 Å². The van der Waals surface area contributed by atoms with Crippen LogP contribution in [0.5, 0.6) is 0 Å². The van der Waals surface area contributed by atoms with Gasteiger partial charge in [-0.15, -0.1) is 0 Å². The van der Waals surface area contributed by atoms with E-state index in [0.717, 1.165) is 0 Å². The molecule has 1 aliphatic rings. The number of nitriles is 2. The lowest BCUT2D eigenvalue weighted by molar-refractivity contribution is 0.734. The Kier molecular flexibility index (Phi) is 2.65. The molecule has 0 aliphatic carbocycles. The summed E-state index contributed by atoms with van der Waals surface area (Å²) in [5, 5.41) is 19.3. The van der Waals surface area contributed by atoms with Gasteiger partial charge in [0.15, 0.2) is 5.57 Å². The van der Waals surface area contributed by atoms with Gasteiger partial charge >= 0.3 is 0 Å². The van der Waals surface area contributed by atoms with E-state index in [-0.39, 0.29) is 5.57 Å². The average molecular weight is 198 g/mol. The van der Waals surface area contributed by atoms with E-state index in [0.29, 0.717) is 10.7 Å². The molecule has 0 unspecified atom stereocenters. The normalized spacial score (nSPS) is 15.2. The standard InChI is InChI=1S/C7H4ClN3S/c1-11-7(5(2-9)3-10)6(8)4-12-11/h4H,1H3. The van der Waals surface area contributed by atoms with Crippen molar-refractivity contribution in [3.63, 3.8) is 0 Å². The van der Waals surface area contributed by atoms with Gasteiger partial charge in [0.25, 0.3) is 0 Å². The van der Waals surface area contributed by atoms with E-state index in [1.807, 2.05) is 0 Å². The van der Waals surface area contributed by atoms with Crippen molar-refractivity contribution in [2.75, 3.05) is 7.05 Å². The van der Waals surface area contributed by atoms with Gasteiger partial charge in [-0.2, -0.15) is 10.5 Å². The van der Waals surface area contributed by atoms with Crippen LogP contribution in [0.4, 0.5) is 0 Å². The monoisotopic (exact) mass is 197 g/mol. The topological polar surface area (TPSA) is 50.8 Å². The van der Waals surface area contributed by atoms with Gasteiger partial charge in [0, 0.05) is 12.5 Å². The molecule has 0 amide bonds. The van der Waals surface area contributed by atoms with Crippen molar-refractivity contribution in [1.82, 2.24) is 4.31 Å². The van der Waals surface area contributed by atoms with E-state index in [9.17, 15) is 0 Å².